The Labute approximate surface area is 103 Å². The lowest BCUT2D eigenvalue weighted by molar-refractivity contribution is -0.0270. The molecule has 2 N–H and O–H groups in total. The van der Waals surface area contributed by atoms with Crippen LogP contribution in [-0.4, -0.2) is 13.2 Å². The second kappa shape index (κ2) is 5.25. The molecule has 88 valence electrons. The maximum atomic E-state index is 13.8. The van der Waals surface area contributed by atoms with E-state index in [4.69, 9.17) is 10.5 Å². The maximum Gasteiger partial charge on any atom is 0.130 e. The Kier molecular flexibility index (Phi) is 3.95. The van der Waals surface area contributed by atoms with Gasteiger partial charge in [-0.1, -0.05) is 22.0 Å². The summed E-state index contributed by atoms with van der Waals surface area (Å²) >= 11 is 3.25. The molecule has 16 heavy (non-hydrogen) atoms. The molecule has 0 spiro atoms. The van der Waals surface area contributed by atoms with E-state index >= 15 is 0 Å². The zero-order valence-corrected chi connectivity index (χ0v) is 10.5. The molecule has 4 heteroatoms. The topological polar surface area (TPSA) is 35.2 Å². The van der Waals surface area contributed by atoms with Crippen molar-refractivity contribution in [2.24, 2.45) is 11.7 Å². The van der Waals surface area contributed by atoms with Crippen molar-refractivity contribution < 1.29 is 9.13 Å². The summed E-state index contributed by atoms with van der Waals surface area (Å²) < 4.78 is 20.2. The van der Waals surface area contributed by atoms with Crippen LogP contribution in [0.4, 0.5) is 4.39 Å². The maximum absolute atomic E-state index is 13.8. The number of rotatable bonds is 2. The SMILES string of the molecule is NCC1CCCOC1c1ccc(Br)cc1F. The van der Waals surface area contributed by atoms with Crippen LogP contribution in [0, 0.1) is 11.7 Å². The van der Waals surface area contributed by atoms with Crippen molar-refractivity contribution in [3.05, 3.63) is 34.1 Å². The molecule has 0 aromatic heterocycles. The molecule has 1 heterocycles. The van der Waals surface area contributed by atoms with Crippen LogP contribution in [0.3, 0.4) is 0 Å². The van der Waals surface area contributed by atoms with Gasteiger partial charge in [0.15, 0.2) is 0 Å². The Morgan fingerprint density at radius 1 is 1.50 bits per heavy atom. The molecule has 1 aromatic rings. The third-order valence-electron chi connectivity index (χ3n) is 3.02. The van der Waals surface area contributed by atoms with E-state index in [9.17, 15) is 4.39 Å². The molecule has 2 nitrogen and oxygen atoms in total. The summed E-state index contributed by atoms with van der Waals surface area (Å²) in [6.45, 7) is 1.23. The summed E-state index contributed by atoms with van der Waals surface area (Å²) in [4.78, 5) is 0. The van der Waals surface area contributed by atoms with Gasteiger partial charge in [-0.15, -0.1) is 0 Å². The Bertz CT molecular complexity index is 372. The van der Waals surface area contributed by atoms with E-state index in [0.29, 0.717) is 18.7 Å². The molecule has 0 saturated carbocycles. The minimum atomic E-state index is -0.222. The average molecular weight is 288 g/mol. The highest BCUT2D eigenvalue weighted by Crippen LogP contribution is 2.34. The van der Waals surface area contributed by atoms with Gasteiger partial charge in [-0.25, -0.2) is 4.39 Å². The third kappa shape index (κ3) is 2.44. The lowest BCUT2D eigenvalue weighted by atomic mass is 9.89. The molecule has 2 unspecified atom stereocenters. The molecule has 0 radical (unpaired) electrons. The monoisotopic (exact) mass is 287 g/mol. The van der Waals surface area contributed by atoms with Gasteiger partial charge >= 0.3 is 0 Å². The Morgan fingerprint density at radius 3 is 3.00 bits per heavy atom. The summed E-state index contributed by atoms with van der Waals surface area (Å²) in [7, 11) is 0. The van der Waals surface area contributed by atoms with Crippen molar-refractivity contribution in [1.82, 2.24) is 0 Å². The minimum Gasteiger partial charge on any atom is -0.373 e. The fraction of sp³-hybridized carbons (Fsp3) is 0.500. The summed E-state index contributed by atoms with van der Waals surface area (Å²) in [5.41, 5.74) is 6.32. The smallest absolute Gasteiger partial charge is 0.130 e. The van der Waals surface area contributed by atoms with Crippen LogP contribution in [0.25, 0.3) is 0 Å². The number of hydrogen-bond donors (Lipinski definition) is 1. The second-order valence-electron chi connectivity index (χ2n) is 4.10. The highest BCUT2D eigenvalue weighted by molar-refractivity contribution is 9.10. The molecule has 1 saturated heterocycles. The number of hydrogen-bond acceptors (Lipinski definition) is 2. The number of ether oxygens (including phenoxy) is 1. The summed E-state index contributed by atoms with van der Waals surface area (Å²) in [6.07, 6.45) is 1.83. The first-order valence-corrected chi connectivity index (χ1v) is 6.28. The first kappa shape index (κ1) is 12.0. The van der Waals surface area contributed by atoms with E-state index in [1.165, 1.54) is 6.07 Å². The van der Waals surface area contributed by atoms with Gasteiger partial charge in [-0.2, -0.15) is 0 Å². The van der Waals surface area contributed by atoms with Crippen molar-refractivity contribution >= 4 is 15.9 Å². The predicted molar refractivity (Wildman–Crippen MR) is 64.6 cm³/mol. The van der Waals surface area contributed by atoms with Gasteiger partial charge in [-0.05, 0) is 31.5 Å². The van der Waals surface area contributed by atoms with Crippen LogP contribution in [0.1, 0.15) is 24.5 Å². The molecular weight excluding hydrogens is 273 g/mol. The van der Waals surface area contributed by atoms with E-state index in [1.807, 2.05) is 6.07 Å². The van der Waals surface area contributed by atoms with Gasteiger partial charge in [0.25, 0.3) is 0 Å². The van der Waals surface area contributed by atoms with Gasteiger partial charge < -0.3 is 10.5 Å². The van der Waals surface area contributed by atoms with Crippen molar-refractivity contribution in [1.29, 1.82) is 0 Å². The molecule has 2 rings (SSSR count). The van der Waals surface area contributed by atoms with E-state index in [2.05, 4.69) is 15.9 Å². The molecule has 0 aliphatic carbocycles. The molecule has 1 aliphatic heterocycles. The molecule has 1 aromatic carbocycles. The quantitative estimate of drug-likeness (QED) is 0.908. The standard InChI is InChI=1S/C12H15BrFNO/c13-9-3-4-10(11(14)6-9)12-8(7-15)2-1-5-16-12/h3-4,6,8,12H,1-2,5,7,15H2. The van der Waals surface area contributed by atoms with Crippen molar-refractivity contribution in [2.45, 2.75) is 18.9 Å². The fourth-order valence-electron chi connectivity index (χ4n) is 2.16. The average Bonchev–Trinajstić information content (AvgIpc) is 2.29. The molecule has 2 atom stereocenters. The molecular formula is C12H15BrFNO. The molecule has 0 bridgehead atoms. The van der Waals surface area contributed by atoms with Gasteiger partial charge in [0.2, 0.25) is 0 Å². The second-order valence-corrected chi connectivity index (χ2v) is 5.01. The van der Waals surface area contributed by atoms with E-state index in [-0.39, 0.29) is 17.8 Å². The Morgan fingerprint density at radius 2 is 2.31 bits per heavy atom. The van der Waals surface area contributed by atoms with Gasteiger partial charge in [-0.3, -0.25) is 0 Å². The van der Waals surface area contributed by atoms with Crippen LogP contribution in [0.5, 0.6) is 0 Å². The largest absolute Gasteiger partial charge is 0.373 e. The summed E-state index contributed by atoms with van der Waals surface area (Å²) in [5.74, 6) is 0.00384. The fourth-order valence-corrected chi connectivity index (χ4v) is 2.49. The van der Waals surface area contributed by atoms with Gasteiger partial charge in [0.05, 0.1) is 6.10 Å². The first-order valence-electron chi connectivity index (χ1n) is 5.49. The number of halogens is 2. The normalized spacial score (nSPS) is 25.7. The number of benzene rings is 1. The molecule has 1 fully saturated rings. The first-order chi connectivity index (χ1) is 7.72. The van der Waals surface area contributed by atoms with Crippen LogP contribution >= 0.6 is 15.9 Å². The zero-order valence-electron chi connectivity index (χ0n) is 8.96. The Balaban J connectivity index is 2.27. The van der Waals surface area contributed by atoms with E-state index < -0.39 is 0 Å². The zero-order chi connectivity index (χ0) is 11.5. The molecule has 1 aliphatic rings. The predicted octanol–water partition coefficient (Wildman–Crippen LogP) is 3.01. The van der Waals surface area contributed by atoms with E-state index in [0.717, 1.165) is 17.3 Å². The van der Waals surface area contributed by atoms with Crippen LogP contribution < -0.4 is 5.73 Å². The minimum absolute atomic E-state index is 0.188. The van der Waals surface area contributed by atoms with Crippen LogP contribution in [0.2, 0.25) is 0 Å². The van der Waals surface area contributed by atoms with Gasteiger partial charge in [0.1, 0.15) is 5.82 Å². The highest BCUT2D eigenvalue weighted by Gasteiger charge is 2.28. The van der Waals surface area contributed by atoms with Crippen LogP contribution in [0.15, 0.2) is 22.7 Å². The Hall–Kier alpha value is -0.450. The van der Waals surface area contributed by atoms with Crippen LogP contribution in [-0.2, 0) is 4.74 Å². The van der Waals surface area contributed by atoms with Gasteiger partial charge in [0, 0.05) is 22.6 Å². The summed E-state index contributed by atoms with van der Waals surface area (Å²) in [5, 5.41) is 0. The third-order valence-corrected chi connectivity index (χ3v) is 3.51. The lowest BCUT2D eigenvalue weighted by Crippen LogP contribution is -2.29. The summed E-state index contributed by atoms with van der Waals surface area (Å²) in [6, 6.07) is 5.09. The van der Waals surface area contributed by atoms with Crippen molar-refractivity contribution in [3.63, 3.8) is 0 Å². The van der Waals surface area contributed by atoms with E-state index in [1.54, 1.807) is 6.07 Å². The van der Waals surface area contributed by atoms with Crippen molar-refractivity contribution in [2.75, 3.05) is 13.2 Å². The lowest BCUT2D eigenvalue weighted by Gasteiger charge is -2.31. The molecule has 0 amide bonds. The highest BCUT2D eigenvalue weighted by atomic mass is 79.9. The number of nitrogens with two attached hydrogens (primary N) is 1. The van der Waals surface area contributed by atoms with Crippen molar-refractivity contribution in [3.8, 4) is 0 Å².